The second kappa shape index (κ2) is 5.67. The fourth-order valence-corrected chi connectivity index (χ4v) is 1.28. The first kappa shape index (κ1) is 11.9. The summed E-state index contributed by atoms with van der Waals surface area (Å²) < 4.78 is 12.6. The van der Waals surface area contributed by atoms with E-state index in [1.165, 1.54) is 24.5 Å². The lowest BCUT2D eigenvalue weighted by Crippen LogP contribution is -2.17. The highest BCUT2D eigenvalue weighted by atomic mass is 19.1. The Morgan fingerprint density at radius 3 is 2.72 bits per heavy atom. The zero-order chi connectivity index (χ0) is 12.8. The minimum Gasteiger partial charge on any atom is -0.267 e. The maximum absolute atomic E-state index is 12.6. The highest BCUT2D eigenvalue weighted by Gasteiger charge is 2.02. The average Bonchev–Trinajstić information content (AvgIpc) is 2.42. The molecule has 1 aromatic heterocycles. The lowest BCUT2D eigenvalue weighted by atomic mass is 10.2. The quantitative estimate of drug-likeness (QED) is 0.662. The molecule has 0 saturated heterocycles. The first-order valence-electron chi connectivity index (χ1n) is 5.25. The van der Waals surface area contributed by atoms with Crippen LogP contribution in [0, 0.1) is 5.82 Å². The molecule has 90 valence electrons. The zero-order valence-electron chi connectivity index (χ0n) is 9.38. The van der Waals surface area contributed by atoms with Gasteiger partial charge in [0.15, 0.2) is 0 Å². The maximum Gasteiger partial charge on any atom is 0.272 e. The molecular formula is C13H10FN3O. The van der Waals surface area contributed by atoms with Crippen LogP contribution in [0.3, 0.4) is 0 Å². The lowest BCUT2D eigenvalue weighted by molar-refractivity contribution is 0.0955. The molecule has 2 rings (SSSR count). The average molecular weight is 243 g/mol. The van der Waals surface area contributed by atoms with Crippen LogP contribution in [0.4, 0.5) is 4.39 Å². The third-order valence-corrected chi connectivity index (χ3v) is 2.17. The molecule has 0 bridgehead atoms. The summed E-state index contributed by atoms with van der Waals surface area (Å²) in [7, 11) is 0. The Kier molecular flexibility index (Phi) is 3.76. The predicted octanol–water partition coefficient (Wildman–Crippen LogP) is 1.98. The van der Waals surface area contributed by atoms with Crippen LogP contribution in [0.5, 0.6) is 0 Å². The molecule has 18 heavy (non-hydrogen) atoms. The van der Waals surface area contributed by atoms with Crippen molar-refractivity contribution in [3.05, 3.63) is 65.7 Å². The van der Waals surface area contributed by atoms with E-state index in [0.717, 1.165) is 0 Å². The lowest BCUT2D eigenvalue weighted by Gasteiger charge is -1.98. The highest BCUT2D eigenvalue weighted by molar-refractivity contribution is 5.94. The van der Waals surface area contributed by atoms with Crippen molar-refractivity contribution in [3.8, 4) is 0 Å². The SMILES string of the molecule is O=C(N/N=C/c1ccc(F)cc1)c1cccnc1. The summed E-state index contributed by atoms with van der Waals surface area (Å²) in [5, 5.41) is 3.77. The zero-order valence-corrected chi connectivity index (χ0v) is 9.38. The largest absolute Gasteiger partial charge is 0.272 e. The Bertz CT molecular complexity index is 552. The number of nitrogens with zero attached hydrogens (tertiary/aromatic N) is 2. The van der Waals surface area contributed by atoms with Gasteiger partial charge in [0.25, 0.3) is 5.91 Å². The van der Waals surface area contributed by atoms with Crippen LogP contribution in [0.1, 0.15) is 15.9 Å². The number of carbonyl (C=O) groups excluding carboxylic acids is 1. The van der Waals surface area contributed by atoms with Gasteiger partial charge < -0.3 is 0 Å². The van der Waals surface area contributed by atoms with E-state index in [4.69, 9.17) is 0 Å². The van der Waals surface area contributed by atoms with Crippen molar-refractivity contribution in [2.24, 2.45) is 5.10 Å². The second-order valence-electron chi connectivity index (χ2n) is 3.49. The van der Waals surface area contributed by atoms with E-state index in [1.54, 1.807) is 30.5 Å². The summed E-state index contributed by atoms with van der Waals surface area (Å²) in [6.45, 7) is 0. The molecule has 0 atom stereocenters. The Morgan fingerprint density at radius 2 is 2.06 bits per heavy atom. The van der Waals surface area contributed by atoms with E-state index in [2.05, 4.69) is 15.5 Å². The fraction of sp³-hybridized carbons (Fsp3) is 0. The number of carbonyl (C=O) groups is 1. The molecule has 0 fully saturated rings. The molecule has 0 aliphatic rings. The van der Waals surface area contributed by atoms with Crippen molar-refractivity contribution in [2.75, 3.05) is 0 Å². The normalized spacial score (nSPS) is 10.5. The monoisotopic (exact) mass is 243 g/mol. The molecule has 0 saturated carbocycles. The van der Waals surface area contributed by atoms with Gasteiger partial charge in [0, 0.05) is 12.4 Å². The predicted molar refractivity (Wildman–Crippen MR) is 65.7 cm³/mol. The molecule has 0 aliphatic carbocycles. The van der Waals surface area contributed by atoms with Gasteiger partial charge in [-0.15, -0.1) is 0 Å². The van der Waals surface area contributed by atoms with Gasteiger partial charge in [0.05, 0.1) is 11.8 Å². The number of hydrogen-bond donors (Lipinski definition) is 1. The summed E-state index contributed by atoms with van der Waals surface area (Å²) >= 11 is 0. The fourth-order valence-electron chi connectivity index (χ4n) is 1.28. The van der Waals surface area contributed by atoms with Crippen LogP contribution in [-0.4, -0.2) is 17.1 Å². The molecule has 1 amide bonds. The number of halogens is 1. The molecular weight excluding hydrogens is 233 g/mol. The molecule has 4 nitrogen and oxygen atoms in total. The van der Waals surface area contributed by atoms with Gasteiger partial charge in [-0.25, -0.2) is 9.82 Å². The third-order valence-electron chi connectivity index (χ3n) is 2.17. The number of amides is 1. The van der Waals surface area contributed by atoms with Crippen LogP contribution in [-0.2, 0) is 0 Å². The number of rotatable bonds is 3. The van der Waals surface area contributed by atoms with E-state index >= 15 is 0 Å². The Balaban J connectivity index is 1.96. The molecule has 0 spiro atoms. The molecule has 0 unspecified atom stereocenters. The van der Waals surface area contributed by atoms with E-state index in [0.29, 0.717) is 11.1 Å². The minimum absolute atomic E-state index is 0.313. The summed E-state index contributed by atoms with van der Waals surface area (Å²) in [6, 6.07) is 9.08. The Labute approximate surface area is 103 Å². The topological polar surface area (TPSA) is 54.4 Å². The van der Waals surface area contributed by atoms with Gasteiger partial charge in [-0.1, -0.05) is 12.1 Å². The summed E-state index contributed by atoms with van der Waals surface area (Å²) in [5.41, 5.74) is 3.48. The van der Waals surface area contributed by atoms with Gasteiger partial charge in [-0.05, 0) is 29.8 Å². The van der Waals surface area contributed by atoms with E-state index in [1.807, 2.05) is 0 Å². The van der Waals surface area contributed by atoms with Crippen molar-refractivity contribution < 1.29 is 9.18 Å². The van der Waals surface area contributed by atoms with Crippen LogP contribution >= 0.6 is 0 Å². The first-order valence-corrected chi connectivity index (χ1v) is 5.25. The minimum atomic E-state index is -0.346. The van der Waals surface area contributed by atoms with Crippen LogP contribution in [0.15, 0.2) is 53.9 Å². The van der Waals surface area contributed by atoms with Crippen molar-refractivity contribution >= 4 is 12.1 Å². The molecule has 0 radical (unpaired) electrons. The highest BCUT2D eigenvalue weighted by Crippen LogP contribution is 1.99. The van der Waals surface area contributed by atoms with Crippen molar-refractivity contribution in [1.29, 1.82) is 0 Å². The second-order valence-corrected chi connectivity index (χ2v) is 3.49. The Morgan fingerprint density at radius 1 is 1.28 bits per heavy atom. The van der Waals surface area contributed by atoms with Crippen LogP contribution in [0.2, 0.25) is 0 Å². The molecule has 0 aliphatic heterocycles. The van der Waals surface area contributed by atoms with E-state index in [9.17, 15) is 9.18 Å². The molecule has 5 heteroatoms. The van der Waals surface area contributed by atoms with Crippen molar-refractivity contribution in [2.45, 2.75) is 0 Å². The number of hydrazone groups is 1. The third kappa shape index (κ3) is 3.21. The van der Waals surface area contributed by atoms with E-state index in [-0.39, 0.29) is 11.7 Å². The summed E-state index contributed by atoms with van der Waals surface area (Å²) in [5.74, 6) is -0.659. The van der Waals surface area contributed by atoms with Gasteiger partial charge in [0.1, 0.15) is 5.82 Å². The van der Waals surface area contributed by atoms with E-state index < -0.39 is 0 Å². The van der Waals surface area contributed by atoms with Crippen molar-refractivity contribution in [1.82, 2.24) is 10.4 Å². The number of hydrogen-bond acceptors (Lipinski definition) is 3. The van der Waals surface area contributed by atoms with Gasteiger partial charge in [0.2, 0.25) is 0 Å². The number of benzene rings is 1. The van der Waals surface area contributed by atoms with Gasteiger partial charge >= 0.3 is 0 Å². The smallest absolute Gasteiger partial charge is 0.267 e. The maximum atomic E-state index is 12.6. The number of nitrogens with one attached hydrogen (secondary N) is 1. The molecule has 1 heterocycles. The van der Waals surface area contributed by atoms with Gasteiger partial charge in [-0.3, -0.25) is 9.78 Å². The summed E-state index contributed by atoms with van der Waals surface area (Å²) in [6.07, 6.45) is 4.47. The molecule has 1 N–H and O–H groups in total. The molecule has 2 aromatic rings. The number of pyridine rings is 1. The van der Waals surface area contributed by atoms with Crippen LogP contribution < -0.4 is 5.43 Å². The standard InChI is InChI=1S/C13H10FN3O/c14-12-5-3-10(4-6-12)8-16-17-13(18)11-2-1-7-15-9-11/h1-9H,(H,17,18)/b16-8+. The molecule has 1 aromatic carbocycles. The van der Waals surface area contributed by atoms with Crippen molar-refractivity contribution in [3.63, 3.8) is 0 Å². The first-order chi connectivity index (χ1) is 8.75. The van der Waals surface area contributed by atoms with Gasteiger partial charge in [-0.2, -0.15) is 5.10 Å². The summed E-state index contributed by atoms with van der Waals surface area (Å²) in [4.78, 5) is 15.4. The number of aromatic nitrogens is 1. The Hall–Kier alpha value is -2.56. The van der Waals surface area contributed by atoms with Crippen LogP contribution in [0.25, 0.3) is 0 Å².